The maximum atomic E-state index is 12.9. The van der Waals surface area contributed by atoms with Gasteiger partial charge in [-0.15, -0.1) is 0 Å². The van der Waals surface area contributed by atoms with E-state index in [2.05, 4.69) is 4.98 Å². The summed E-state index contributed by atoms with van der Waals surface area (Å²) in [7, 11) is 0. The van der Waals surface area contributed by atoms with E-state index in [0.717, 1.165) is 30.1 Å². The maximum Gasteiger partial charge on any atom is 0.261 e. The van der Waals surface area contributed by atoms with Gasteiger partial charge in [-0.1, -0.05) is 19.3 Å². The van der Waals surface area contributed by atoms with Gasteiger partial charge in [0.1, 0.15) is 5.56 Å². The number of aromatic nitrogens is 1. The molecule has 0 unspecified atom stereocenters. The van der Waals surface area contributed by atoms with Crippen molar-refractivity contribution in [2.24, 2.45) is 0 Å². The van der Waals surface area contributed by atoms with Crippen molar-refractivity contribution < 1.29 is 4.79 Å². The molecular weight excluding hydrogens is 296 g/mol. The Bertz CT molecular complexity index is 627. The maximum absolute atomic E-state index is 12.9. The fourth-order valence-electron chi connectivity index (χ4n) is 3.79. The molecule has 1 aromatic rings. The zero-order valence-electron chi connectivity index (χ0n) is 13.4. The van der Waals surface area contributed by atoms with Crippen molar-refractivity contribution in [3.8, 4) is 0 Å². The van der Waals surface area contributed by atoms with Gasteiger partial charge in [-0.2, -0.15) is 11.8 Å². The summed E-state index contributed by atoms with van der Waals surface area (Å²) in [6.07, 6.45) is 6.24. The average Bonchev–Trinajstić information content (AvgIpc) is 2.47. The monoisotopic (exact) mass is 320 g/mol. The van der Waals surface area contributed by atoms with E-state index in [1.807, 2.05) is 36.6 Å². The minimum Gasteiger partial charge on any atom is -0.336 e. The Morgan fingerprint density at radius 3 is 2.68 bits per heavy atom. The predicted octanol–water partition coefficient (Wildman–Crippen LogP) is 2.88. The summed E-state index contributed by atoms with van der Waals surface area (Å²) < 4.78 is 0.234. The Kier molecular flexibility index (Phi) is 4.35. The number of rotatable bonds is 1. The number of H-pyrrole nitrogens is 1. The summed E-state index contributed by atoms with van der Waals surface area (Å²) in [4.78, 5) is 29.8. The van der Waals surface area contributed by atoms with Crippen LogP contribution in [0.5, 0.6) is 0 Å². The lowest BCUT2D eigenvalue weighted by atomic mass is 9.87. The third-order valence-electron chi connectivity index (χ3n) is 4.88. The van der Waals surface area contributed by atoms with Crippen LogP contribution in [0.3, 0.4) is 0 Å². The molecule has 1 saturated heterocycles. The Labute approximate surface area is 135 Å². The number of hydrogen-bond donors (Lipinski definition) is 1. The first-order chi connectivity index (χ1) is 10.5. The highest BCUT2D eigenvalue weighted by molar-refractivity contribution is 8.00. The molecule has 0 aromatic carbocycles. The minimum absolute atomic E-state index is 0.0935. The summed E-state index contributed by atoms with van der Waals surface area (Å²) in [6.45, 7) is 5.24. The molecule has 0 radical (unpaired) electrons. The van der Waals surface area contributed by atoms with Crippen LogP contribution < -0.4 is 5.56 Å². The lowest BCUT2D eigenvalue weighted by molar-refractivity contribution is 0.0727. The zero-order chi connectivity index (χ0) is 15.7. The summed E-state index contributed by atoms with van der Waals surface area (Å²) >= 11 is 2.03. The average molecular weight is 320 g/mol. The van der Waals surface area contributed by atoms with Gasteiger partial charge in [-0.05, 0) is 38.3 Å². The second kappa shape index (κ2) is 6.11. The van der Waals surface area contributed by atoms with Crippen molar-refractivity contribution in [2.75, 3.05) is 18.8 Å². The molecule has 3 rings (SSSR count). The highest BCUT2D eigenvalue weighted by Crippen LogP contribution is 2.42. The first kappa shape index (κ1) is 15.7. The van der Waals surface area contributed by atoms with Crippen LogP contribution in [0, 0.1) is 13.8 Å². The van der Waals surface area contributed by atoms with Gasteiger partial charge in [-0.3, -0.25) is 9.59 Å². The third kappa shape index (κ3) is 2.96. The number of carbonyl (C=O) groups is 1. The molecule has 1 saturated carbocycles. The van der Waals surface area contributed by atoms with Crippen LogP contribution in [0.1, 0.15) is 53.7 Å². The summed E-state index contributed by atoms with van der Waals surface area (Å²) in [5, 5.41) is 0. The third-order valence-corrected chi connectivity index (χ3v) is 6.42. The van der Waals surface area contributed by atoms with Gasteiger partial charge >= 0.3 is 0 Å². The van der Waals surface area contributed by atoms with Crippen LogP contribution in [0.4, 0.5) is 0 Å². The Morgan fingerprint density at radius 2 is 2.00 bits per heavy atom. The first-order valence-electron chi connectivity index (χ1n) is 8.15. The molecule has 1 aliphatic carbocycles. The molecule has 1 spiro atoms. The molecule has 0 atom stereocenters. The highest BCUT2D eigenvalue weighted by atomic mass is 32.2. The number of aryl methyl sites for hydroxylation is 2. The fourth-order valence-corrected chi connectivity index (χ4v) is 5.36. The smallest absolute Gasteiger partial charge is 0.261 e. The molecular formula is C17H24N2O2S. The molecule has 1 aromatic heterocycles. The van der Waals surface area contributed by atoms with Gasteiger partial charge in [0.15, 0.2) is 0 Å². The normalized spacial score (nSPS) is 21.1. The fraction of sp³-hybridized carbons (Fsp3) is 0.647. The Morgan fingerprint density at radius 1 is 1.27 bits per heavy atom. The van der Waals surface area contributed by atoms with Crippen LogP contribution in [0.2, 0.25) is 0 Å². The number of hydrogen-bond acceptors (Lipinski definition) is 3. The van der Waals surface area contributed by atoms with Gasteiger partial charge in [0, 0.05) is 29.3 Å². The van der Waals surface area contributed by atoms with Crippen LogP contribution in [0.15, 0.2) is 10.9 Å². The SMILES string of the molecule is Cc1cc(C)c(C(=O)N2CCSC3(CCCCC3)C2)c(=O)[nH]1. The van der Waals surface area contributed by atoms with Gasteiger partial charge in [0.05, 0.1) is 0 Å². The van der Waals surface area contributed by atoms with Crippen molar-refractivity contribution in [2.45, 2.75) is 50.7 Å². The number of amides is 1. The highest BCUT2D eigenvalue weighted by Gasteiger charge is 2.39. The summed E-state index contributed by atoms with van der Waals surface area (Å²) in [5.74, 6) is 0.887. The van der Waals surface area contributed by atoms with E-state index in [4.69, 9.17) is 0 Å². The molecule has 1 N–H and O–H groups in total. The number of thioether (sulfide) groups is 1. The number of nitrogens with one attached hydrogen (secondary N) is 1. The van der Waals surface area contributed by atoms with E-state index in [-0.39, 0.29) is 16.2 Å². The Balaban J connectivity index is 1.85. The van der Waals surface area contributed by atoms with E-state index in [0.29, 0.717) is 5.56 Å². The van der Waals surface area contributed by atoms with Crippen molar-refractivity contribution >= 4 is 17.7 Å². The molecule has 2 heterocycles. The minimum atomic E-state index is -0.251. The largest absolute Gasteiger partial charge is 0.336 e. The second-order valence-electron chi connectivity index (χ2n) is 6.66. The van der Waals surface area contributed by atoms with Crippen molar-refractivity contribution in [3.05, 3.63) is 33.2 Å². The van der Waals surface area contributed by atoms with E-state index in [1.165, 1.54) is 32.1 Å². The van der Waals surface area contributed by atoms with Gasteiger partial charge in [-0.25, -0.2) is 0 Å². The molecule has 1 amide bonds. The molecule has 0 bridgehead atoms. The van der Waals surface area contributed by atoms with E-state index in [1.54, 1.807) is 0 Å². The van der Waals surface area contributed by atoms with E-state index >= 15 is 0 Å². The van der Waals surface area contributed by atoms with Gasteiger partial charge in [0.25, 0.3) is 11.5 Å². The molecule has 22 heavy (non-hydrogen) atoms. The summed E-state index contributed by atoms with van der Waals surface area (Å²) in [5.41, 5.74) is 1.65. The number of carbonyl (C=O) groups excluding carboxylic acids is 1. The molecule has 2 fully saturated rings. The number of pyridine rings is 1. The van der Waals surface area contributed by atoms with Gasteiger partial charge in [0.2, 0.25) is 0 Å². The number of nitrogens with zero attached hydrogens (tertiary/aromatic N) is 1. The lowest BCUT2D eigenvalue weighted by Gasteiger charge is -2.44. The molecule has 5 heteroatoms. The van der Waals surface area contributed by atoms with Gasteiger partial charge < -0.3 is 9.88 Å². The van der Waals surface area contributed by atoms with E-state index in [9.17, 15) is 9.59 Å². The van der Waals surface area contributed by atoms with Crippen molar-refractivity contribution in [1.82, 2.24) is 9.88 Å². The van der Waals surface area contributed by atoms with Crippen LogP contribution in [-0.2, 0) is 0 Å². The first-order valence-corrected chi connectivity index (χ1v) is 9.13. The van der Waals surface area contributed by atoms with Crippen LogP contribution >= 0.6 is 11.8 Å². The van der Waals surface area contributed by atoms with Crippen molar-refractivity contribution in [1.29, 1.82) is 0 Å². The van der Waals surface area contributed by atoms with Crippen LogP contribution in [0.25, 0.3) is 0 Å². The lowest BCUT2D eigenvalue weighted by Crippen LogP contribution is -2.50. The number of aromatic amines is 1. The molecule has 120 valence electrons. The second-order valence-corrected chi connectivity index (χ2v) is 8.22. The summed E-state index contributed by atoms with van der Waals surface area (Å²) in [6, 6.07) is 1.88. The zero-order valence-corrected chi connectivity index (χ0v) is 14.2. The van der Waals surface area contributed by atoms with E-state index < -0.39 is 0 Å². The topological polar surface area (TPSA) is 53.2 Å². The quantitative estimate of drug-likeness (QED) is 0.865. The van der Waals surface area contributed by atoms with Crippen molar-refractivity contribution in [3.63, 3.8) is 0 Å². The van der Waals surface area contributed by atoms with Crippen LogP contribution in [-0.4, -0.2) is 39.4 Å². The molecule has 4 nitrogen and oxygen atoms in total. The Hall–Kier alpha value is -1.23. The standard InChI is InChI=1S/C17H24N2O2S/c1-12-10-13(2)18-15(20)14(12)16(21)19-8-9-22-17(11-19)6-4-3-5-7-17/h10H,3-9,11H2,1-2H3,(H,18,20). The molecule has 2 aliphatic rings. The predicted molar refractivity (Wildman–Crippen MR) is 90.7 cm³/mol. The molecule has 1 aliphatic heterocycles.